The van der Waals surface area contributed by atoms with E-state index in [0.717, 1.165) is 13.2 Å². The molecule has 0 fully saturated rings. The number of halogens is 3. The van der Waals surface area contributed by atoms with Gasteiger partial charge in [0, 0.05) is 22.2 Å². The highest BCUT2D eigenvalue weighted by Crippen LogP contribution is 2.33. The predicted molar refractivity (Wildman–Crippen MR) is 170 cm³/mol. The van der Waals surface area contributed by atoms with Crippen LogP contribution in [0, 0.1) is 10.1 Å². The molecule has 0 aliphatic heterocycles. The van der Waals surface area contributed by atoms with E-state index < -0.39 is 23.0 Å². The third-order valence-electron chi connectivity index (χ3n) is 5.88. The number of nitro groups is 1. The van der Waals surface area contributed by atoms with Crippen LogP contribution in [-0.2, 0) is 9.53 Å². The molecule has 4 aromatic carbocycles. The maximum absolute atomic E-state index is 11.6. The van der Waals surface area contributed by atoms with E-state index in [0.29, 0.717) is 44.2 Å². The van der Waals surface area contributed by atoms with Crippen LogP contribution < -0.4 is 14.2 Å². The number of carbonyl (C=O) groups excluding carboxylic acids is 1. The standard InChI is InChI=1S/C17H13ClN2O4.C14H9Cl2NO5/c1-10(17(21)22)23-12-3-5-13(6-4-12)24-16-9-19-15-8-11(18)2-7-14(15)20-16;1-21-14(18)10-7-9(3-4-12(10)17(19)20)22-13-5-2-8(15)6-11(13)16/h2-10H,1H3,(H,21,22);2-7H,1H3. The zero-order valence-corrected chi connectivity index (χ0v) is 26.1. The molecule has 0 radical (unpaired) electrons. The van der Waals surface area contributed by atoms with Crippen molar-refractivity contribution >= 4 is 63.5 Å². The molecule has 236 valence electrons. The molecule has 1 unspecified atom stereocenters. The molecule has 1 N–H and O–H groups in total. The van der Waals surface area contributed by atoms with Gasteiger partial charge in [-0.3, -0.25) is 10.1 Å². The van der Waals surface area contributed by atoms with Gasteiger partial charge in [0.2, 0.25) is 5.88 Å². The summed E-state index contributed by atoms with van der Waals surface area (Å²) in [4.78, 5) is 41.3. The Morgan fingerprint density at radius 2 is 1.50 bits per heavy atom. The maximum atomic E-state index is 11.6. The molecule has 0 bridgehead atoms. The molecule has 46 heavy (non-hydrogen) atoms. The molecule has 0 amide bonds. The number of aliphatic carboxylic acids is 1. The SMILES string of the molecule is CC(Oc1ccc(Oc2cnc3cc(Cl)ccc3n2)cc1)C(=O)O.COC(=O)c1cc(Oc2ccc(Cl)cc2Cl)ccc1[N+](=O)[O-]. The zero-order chi connectivity index (χ0) is 33.4. The third-order valence-corrected chi connectivity index (χ3v) is 6.65. The topological polar surface area (TPSA) is 160 Å². The van der Waals surface area contributed by atoms with Crippen LogP contribution in [0.15, 0.2) is 85.1 Å². The first kappa shape index (κ1) is 33.7. The summed E-state index contributed by atoms with van der Waals surface area (Å²) in [6, 6.07) is 20.2. The number of hydrogen-bond acceptors (Lipinski definition) is 10. The van der Waals surface area contributed by atoms with E-state index in [1.54, 1.807) is 54.6 Å². The van der Waals surface area contributed by atoms with Crippen molar-refractivity contribution in [1.29, 1.82) is 0 Å². The van der Waals surface area contributed by atoms with E-state index in [4.69, 9.17) is 54.1 Å². The Morgan fingerprint density at radius 1 is 0.848 bits per heavy atom. The molecule has 1 heterocycles. The van der Waals surface area contributed by atoms with Crippen molar-refractivity contribution in [3.05, 3.63) is 116 Å². The summed E-state index contributed by atoms with van der Waals surface area (Å²) >= 11 is 17.7. The number of nitro benzene ring substituents is 1. The van der Waals surface area contributed by atoms with Crippen LogP contribution in [0.25, 0.3) is 11.0 Å². The van der Waals surface area contributed by atoms with Crippen molar-refractivity contribution in [2.45, 2.75) is 13.0 Å². The molecular weight excluding hydrogens is 665 g/mol. The lowest BCUT2D eigenvalue weighted by Crippen LogP contribution is -2.22. The van der Waals surface area contributed by atoms with Gasteiger partial charge >= 0.3 is 11.9 Å². The van der Waals surface area contributed by atoms with Crippen LogP contribution in [0.1, 0.15) is 17.3 Å². The lowest BCUT2D eigenvalue weighted by atomic mass is 10.1. The summed E-state index contributed by atoms with van der Waals surface area (Å²) in [6.07, 6.45) is 0.588. The number of benzene rings is 4. The Bertz CT molecular complexity index is 1910. The van der Waals surface area contributed by atoms with Crippen LogP contribution in [-0.4, -0.2) is 45.2 Å². The maximum Gasteiger partial charge on any atom is 0.345 e. The molecule has 15 heteroatoms. The minimum absolute atomic E-state index is 0.204. The molecule has 1 atom stereocenters. The van der Waals surface area contributed by atoms with E-state index in [1.807, 2.05) is 0 Å². The van der Waals surface area contributed by atoms with Crippen molar-refractivity contribution in [3.63, 3.8) is 0 Å². The molecule has 0 aliphatic carbocycles. The molecule has 0 spiro atoms. The van der Waals surface area contributed by atoms with Crippen LogP contribution >= 0.6 is 34.8 Å². The summed E-state index contributed by atoms with van der Waals surface area (Å²) < 4.78 is 20.9. The van der Waals surface area contributed by atoms with Crippen LogP contribution in [0.2, 0.25) is 15.1 Å². The Balaban J connectivity index is 0.000000210. The van der Waals surface area contributed by atoms with E-state index in [1.165, 1.54) is 31.3 Å². The first-order valence-corrected chi connectivity index (χ1v) is 14.2. The summed E-state index contributed by atoms with van der Waals surface area (Å²) in [6.45, 7) is 1.46. The number of fused-ring (bicyclic) bond motifs is 1. The number of carboxylic acids is 1. The molecule has 1 aromatic heterocycles. The lowest BCUT2D eigenvalue weighted by Gasteiger charge is -2.11. The van der Waals surface area contributed by atoms with Gasteiger partial charge in [0.05, 0.1) is 34.3 Å². The molecular formula is C31H22Cl3N3O9. The second kappa shape index (κ2) is 15.2. The summed E-state index contributed by atoms with van der Waals surface area (Å²) in [5, 5.41) is 21.1. The fraction of sp³-hybridized carbons (Fsp3) is 0.0968. The summed E-state index contributed by atoms with van der Waals surface area (Å²) in [7, 11) is 1.13. The number of nitrogens with zero attached hydrogens (tertiary/aromatic N) is 3. The molecule has 0 saturated heterocycles. The zero-order valence-electron chi connectivity index (χ0n) is 23.8. The monoisotopic (exact) mass is 685 g/mol. The number of hydrogen-bond donors (Lipinski definition) is 1. The fourth-order valence-corrected chi connectivity index (χ4v) is 4.29. The lowest BCUT2D eigenvalue weighted by molar-refractivity contribution is -0.385. The minimum atomic E-state index is -1.03. The number of methoxy groups -OCH3 is 1. The number of aromatic nitrogens is 2. The fourth-order valence-electron chi connectivity index (χ4n) is 3.67. The van der Waals surface area contributed by atoms with E-state index in [2.05, 4.69) is 14.7 Å². The van der Waals surface area contributed by atoms with Crippen LogP contribution in [0.3, 0.4) is 0 Å². The van der Waals surface area contributed by atoms with Gasteiger partial charge in [-0.1, -0.05) is 34.8 Å². The van der Waals surface area contributed by atoms with Gasteiger partial charge in [-0.25, -0.2) is 19.6 Å². The van der Waals surface area contributed by atoms with Crippen molar-refractivity contribution in [1.82, 2.24) is 9.97 Å². The van der Waals surface area contributed by atoms with Gasteiger partial charge in [0.1, 0.15) is 28.6 Å². The van der Waals surface area contributed by atoms with E-state index in [-0.39, 0.29) is 22.0 Å². The van der Waals surface area contributed by atoms with Gasteiger partial charge in [-0.2, -0.15) is 0 Å². The minimum Gasteiger partial charge on any atom is -0.479 e. The highest BCUT2D eigenvalue weighted by atomic mass is 35.5. The quantitative estimate of drug-likeness (QED) is 0.0900. The Kier molecular flexibility index (Phi) is 11.2. The Morgan fingerprint density at radius 3 is 2.15 bits per heavy atom. The number of carbonyl (C=O) groups is 2. The molecule has 0 saturated carbocycles. The third kappa shape index (κ3) is 8.94. The number of carboxylic acid groups (broad SMARTS) is 1. The van der Waals surface area contributed by atoms with Gasteiger partial charge < -0.3 is 24.1 Å². The van der Waals surface area contributed by atoms with Crippen molar-refractivity contribution < 1.29 is 38.6 Å². The molecule has 12 nitrogen and oxygen atoms in total. The van der Waals surface area contributed by atoms with Gasteiger partial charge in [0.15, 0.2) is 6.10 Å². The van der Waals surface area contributed by atoms with E-state index >= 15 is 0 Å². The molecule has 5 aromatic rings. The van der Waals surface area contributed by atoms with Gasteiger partial charge in [-0.05, 0) is 73.7 Å². The van der Waals surface area contributed by atoms with Gasteiger partial charge in [-0.15, -0.1) is 0 Å². The van der Waals surface area contributed by atoms with Gasteiger partial charge in [0.25, 0.3) is 5.69 Å². The largest absolute Gasteiger partial charge is 0.479 e. The van der Waals surface area contributed by atoms with Crippen molar-refractivity contribution in [3.8, 4) is 28.9 Å². The number of ether oxygens (including phenoxy) is 4. The molecule has 5 rings (SSSR count). The average Bonchev–Trinajstić information content (AvgIpc) is 3.03. The number of rotatable bonds is 9. The number of esters is 1. The highest BCUT2D eigenvalue weighted by molar-refractivity contribution is 6.35. The van der Waals surface area contributed by atoms with Crippen molar-refractivity contribution in [2.24, 2.45) is 0 Å². The van der Waals surface area contributed by atoms with E-state index in [9.17, 15) is 19.7 Å². The first-order valence-electron chi connectivity index (χ1n) is 13.0. The smallest absolute Gasteiger partial charge is 0.345 e. The second-order valence-corrected chi connectivity index (χ2v) is 10.4. The first-order chi connectivity index (χ1) is 21.9. The van der Waals surface area contributed by atoms with Crippen LogP contribution in [0.4, 0.5) is 5.69 Å². The molecule has 0 aliphatic rings. The average molecular weight is 687 g/mol. The second-order valence-electron chi connectivity index (χ2n) is 9.12. The summed E-state index contributed by atoms with van der Waals surface area (Å²) in [5.74, 6) is -0.0333. The van der Waals surface area contributed by atoms with Crippen molar-refractivity contribution in [2.75, 3.05) is 7.11 Å². The Labute approximate surface area is 276 Å². The Hall–Kier alpha value is -5.17. The van der Waals surface area contributed by atoms with Crippen LogP contribution in [0.5, 0.6) is 28.9 Å². The highest BCUT2D eigenvalue weighted by Gasteiger charge is 2.22. The summed E-state index contributed by atoms with van der Waals surface area (Å²) in [5.41, 5.74) is 0.768. The normalized spacial score (nSPS) is 11.1. The predicted octanol–water partition coefficient (Wildman–Crippen LogP) is 8.41.